The molecule has 4 aromatic rings. The van der Waals surface area contributed by atoms with E-state index >= 15 is 4.79 Å². The van der Waals surface area contributed by atoms with Gasteiger partial charge in [-0.15, -0.1) is 6.58 Å². The molecule has 2 amide bonds. The van der Waals surface area contributed by atoms with Crippen molar-refractivity contribution in [3.63, 3.8) is 0 Å². The number of aromatic nitrogens is 1. The predicted molar refractivity (Wildman–Crippen MR) is 192 cm³/mol. The first-order valence-corrected chi connectivity index (χ1v) is 17.8. The van der Waals surface area contributed by atoms with Crippen LogP contribution in [0.15, 0.2) is 97.8 Å². The number of nitrogens with zero attached hydrogens (tertiary/aromatic N) is 4. The highest BCUT2D eigenvalue weighted by Crippen LogP contribution is 2.55. The van der Waals surface area contributed by atoms with Crippen LogP contribution in [0.25, 0.3) is 0 Å². The van der Waals surface area contributed by atoms with Crippen LogP contribution in [0.2, 0.25) is 5.02 Å². The zero-order valence-electron chi connectivity index (χ0n) is 27.9. The number of hydrogen-bond donors (Lipinski definition) is 0. The van der Waals surface area contributed by atoms with Crippen molar-refractivity contribution >= 4 is 44.8 Å². The number of amides is 2. The molecule has 260 valence electrons. The van der Waals surface area contributed by atoms with Gasteiger partial charge in [0.1, 0.15) is 27.9 Å². The van der Waals surface area contributed by atoms with Crippen LogP contribution in [0.3, 0.4) is 0 Å². The van der Waals surface area contributed by atoms with Crippen molar-refractivity contribution in [2.24, 2.45) is 0 Å². The first-order chi connectivity index (χ1) is 24.1. The van der Waals surface area contributed by atoms with Crippen molar-refractivity contribution in [1.29, 1.82) is 0 Å². The highest BCUT2D eigenvalue weighted by Gasteiger charge is 2.60. The molecule has 3 heterocycles. The molecule has 2 aliphatic heterocycles. The summed E-state index contributed by atoms with van der Waals surface area (Å²) in [5.41, 5.74) is -0.0490. The third-order valence-corrected chi connectivity index (χ3v) is 11.6. The van der Waals surface area contributed by atoms with Crippen molar-refractivity contribution in [1.82, 2.24) is 9.88 Å². The molecule has 2 aliphatic rings. The lowest BCUT2D eigenvalue weighted by atomic mass is 9.72. The van der Waals surface area contributed by atoms with E-state index in [1.807, 2.05) is 12.1 Å². The van der Waals surface area contributed by atoms with Crippen LogP contribution in [0, 0.1) is 0 Å². The van der Waals surface area contributed by atoms with Crippen molar-refractivity contribution in [3.8, 4) is 17.2 Å². The Labute approximate surface area is 296 Å². The molecule has 0 radical (unpaired) electrons. The van der Waals surface area contributed by atoms with Gasteiger partial charge in [-0.05, 0) is 42.5 Å². The van der Waals surface area contributed by atoms with Gasteiger partial charge in [-0.3, -0.25) is 14.6 Å². The number of anilines is 2. The van der Waals surface area contributed by atoms with E-state index in [2.05, 4.69) is 16.5 Å². The number of ether oxygens (including phenoxy) is 3. The number of carbonyl (C=O) groups excluding carboxylic acids is 2. The predicted octanol–water partition coefficient (Wildman–Crippen LogP) is 5.39. The van der Waals surface area contributed by atoms with Crippen LogP contribution in [0.1, 0.15) is 28.4 Å². The molecule has 1 aromatic heterocycles. The van der Waals surface area contributed by atoms with Gasteiger partial charge in [-0.25, -0.2) is 12.7 Å². The number of piperazine rings is 1. The standard InChI is InChI=1S/C37H37ClN4O7S/c1-5-33(27-14-13-26(47-2)23-32(27)49-4)50(45,46)42-30-11-8-10-29(38)35(30)37(36(42)44,28-9-6-7-12-31(28)48-3)24-34(43)41-21-19-40(20-22-41)25-15-17-39-18-16-25/h5-18,23,33H,1,19-22,24H2,2-4H3. The summed E-state index contributed by atoms with van der Waals surface area (Å²) in [7, 11) is -0.269. The summed E-state index contributed by atoms with van der Waals surface area (Å²) in [4.78, 5) is 37.6. The highest BCUT2D eigenvalue weighted by atomic mass is 35.5. The fourth-order valence-corrected chi connectivity index (χ4v) is 9.07. The monoisotopic (exact) mass is 716 g/mol. The molecule has 3 aromatic carbocycles. The summed E-state index contributed by atoms with van der Waals surface area (Å²) in [6.07, 6.45) is 4.29. The molecule has 0 N–H and O–H groups in total. The number of halogens is 1. The molecule has 0 bridgehead atoms. The maximum Gasteiger partial charge on any atom is 0.256 e. The van der Waals surface area contributed by atoms with Crippen LogP contribution < -0.4 is 23.4 Å². The normalized spacial score (nSPS) is 18.0. The molecule has 11 nitrogen and oxygen atoms in total. The molecule has 1 fully saturated rings. The number of rotatable bonds is 11. The first kappa shape index (κ1) is 34.8. The maximum absolute atomic E-state index is 15.3. The summed E-state index contributed by atoms with van der Waals surface area (Å²) in [5.74, 6) is -0.198. The minimum Gasteiger partial charge on any atom is -0.497 e. The number of carbonyl (C=O) groups is 2. The summed E-state index contributed by atoms with van der Waals surface area (Å²) in [5, 5.41) is -1.29. The number of para-hydroxylation sites is 1. The first-order valence-electron chi connectivity index (χ1n) is 15.9. The molecule has 1 saturated heterocycles. The Bertz CT molecular complexity index is 2040. The summed E-state index contributed by atoms with van der Waals surface area (Å²) >= 11 is 6.94. The van der Waals surface area contributed by atoms with Gasteiger partial charge in [-0.2, -0.15) is 0 Å². The van der Waals surface area contributed by atoms with Crippen molar-refractivity contribution in [2.45, 2.75) is 17.1 Å². The lowest BCUT2D eigenvalue weighted by Crippen LogP contribution is -2.52. The molecule has 6 rings (SSSR count). The van der Waals surface area contributed by atoms with E-state index in [9.17, 15) is 13.2 Å². The minimum absolute atomic E-state index is 0.0445. The van der Waals surface area contributed by atoms with Crippen LogP contribution >= 0.6 is 11.6 Å². The van der Waals surface area contributed by atoms with E-state index in [-0.39, 0.29) is 33.5 Å². The SMILES string of the molecule is C=CC(c1ccc(OC)cc1OC)S(=O)(=O)N1C(=O)C(CC(=O)N2CCN(c3ccncc3)CC2)(c2ccccc2OC)c2c(Cl)cccc21. The van der Waals surface area contributed by atoms with Crippen molar-refractivity contribution < 1.29 is 32.2 Å². The Balaban J connectivity index is 1.47. The molecule has 2 unspecified atom stereocenters. The molecule has 0 saturated carbocycles. The van der Waals surface area contributed by atoms with E-state index < -0.39 is 33.0 Å². The molecular weight excluding hydrogens is 680 g/mol. The van der Waals surface area contributed by atoms with Gasteiger partial charge in [0.2, 0.25) is 5.91 Å². The third kappa shape index (κ3) is 5.81. The second-order valence-electron chi connectivity index (χ2n) is 11.9. The zero-order valence-corrected chi connectivity index (χ0v) is 29.5. The number of sulfonamides is 1. The maximum atomic E-state index is 15.3. The molecule has 13 heteroatoms. The van der Waals surface area contributed by atoms with Crippen molar-refractivity contribution in [3.05, 3.63) is 120 Å². The number of hydrogen-bond acceptors (Lipinski definition) is 9. The van der Waals surface area contributed by atoms with E-state index in [0.717, 1.165) is 9.99 Å². The van der Waals surface area contributed by atoms with E-state index in [0.29, 0.717) is 43.2 Å². The zero-order chi connectivity index (χ0) is 35.6. The van der Waals surface area contributed by atoms with Gasteiger partial charge in [0.15, 0.2) is 0 Å². The van der Waals surface area contributed by atoms with Crippen LogP contribution in [-0.2, 0) is 25.0 Å². The van der Waals surface area contributed by atoms with Crippen LogP contribution in [0.5, 0.6) is 17.2 Å². The lowest BCUT2D eigenvalue weighted by Gasteiger charge is -2.38. The molecule has 50 heavy (non-hydrogen) atoms. The molecule has 2 atom stereocenters. The number of pyridine rings is 1. The fourth-order valence-electron chi connectivity index (χ4n) is 6.94. The van der Waals surface area contributed by atoms with Gasteiger partial charge in [0, 0.05) is 78.5 Å². The summed E-state index contributed by atoms with van der Waals surface area (Å²) in [6.45, 7) is 5.75. The Morgan fingerprint density at radius 1 is 0.940 bits per heavy atom. The van der Waals surface area contributed by atoms with E-state index in [1.165, 1.54) is 33.5 Å². The average Bonchev–Trinajstić information content (AvgIpc) is 3.41. The Morgan fingerprint density at radius 2 is 1.64 bits per heavy atom. The molecule has 0 spiro atoms. The van der Waals surface area contributed by atoms with E-state index in [1.54, 1.807) is 71.9 Å². The lowest BCUT2D eigenvalue weighted by molar-refractivity contribution is -0.135. The summed E-state index contributed by atoms with van der Waals surface area (Å²) < 4.78 is 47.1. The highest BCUT2D eigenvalue weighted by molar-refractivity contribution is 7.94. The van der Waals surface area contributed by atoms with Crippen LogP contribution in [0.4, 0.5) is 11.4 Å². The number of methoxy groups -OCH3 is 3. The largest absolute Gasteiger partial charge is 0.497 e. The van der Waals surface area contributed by atoms with Gasteiger partial charge >= 0.3 is 0 Å². The van der Waals surface area contributed by atoms with Gasteiger partial charge < -0.3 is 24.0 Å². The molecular formula is C37H37ClN4O7S. The van der Waals surface area contributed by atoms with Gasteiger partial charge in [0.05, 0.1) is 27.0 Å². The summed E-state index contributed by atoms with van der Waals surface area (Å²) in [6, 6.07) is 20.0. The van der Waals surface area contributed by atoms with Crippen molar-refractivity contribution in [2.75, 3.05) is 56.7 Å². The van der Waals surface area contributed by atoms with Crippen LogP contribution in [-0.4, -0.2) is 77.6 Å². The average molecular weight is 717 g/mol. The Morgan fingerprint density at radius 3 is 2.30 bits per heavy atom. The molecule has 0 aliphatic carbocycles. The topological polar surface area (TPSA) is 119 Å². The Kier molecular flexibility index (Phi) is 9.77. The second-order valence-corrected chi connectivity index (χ2v) is 14.2. The van der Waals surface area contributed by atoms with Gasteiger partial charge in [0.25, 0.3) is 15.9 Å². The fraction of sp³-hybridized carbons (Fsp3) is 0.270. The smallest absolute Gasteiger partial charge is 0.256 e. The Hall–Kier alpha value is -5.07. The van der Waals surface area contributed by atoms with Gasteiger partial charge in [-0.1, -0.05) is 41.9 Å². The second kappa shape index (κ2) is 14.0. The number of fused-ring (bicyclic) bond motifs is 1. The van der Waals surface area contributed by atoms with E-state index in [4.69, 9.17) is 25.8 Å². The number of benzene rings is 3. The third-order valence-electron chi connectivity index (χ3n) is 9.37. The quantitative estimate of drug-likeness (QED) is 0.188. The minimum atomic E-state index is -4.62.